The van der Waals surface area contributed by atoms with E-state index in [0.717, 1.165) is 35.3 Å². The van der Waals surface area contributed by atoms with Crippen LogP contribution in [0.15, 0.2) is 59.0 Å². The maximum atomic E-state index is 13.6. The topological polar surface area (TPSA) is 85.9 Å². The molecule has 10 heteroatoms. The average Bonchev–Trinajstić information content (AvgIpc) is 3.68. The highest BCUT2D eigenvalue weighted by Gasteiger charge is 2.31. The number of nitrogens with one attached hydrogen (secondary N) is 1. The molecule has 0 spiro atoms. The Morgan fingerprint density at radius 3 is 2.53 bits per heavy atom. The molecule has 3 N–H and O–H groups in total. The van der Waals surface area contributed by atoms with E-state index in [1.54, 1.807) is 19.2 Å². The molecule has 196 valence electrons. The van der Waals surface area contributed by atoms with E-state index in [0.29, 0.717) is 45.2 Å². The molecule has 0 saturated heterocycles. The molecule has 6 nitrogen and oxygen atoms in total. The van der Waals surface area contributed by atoms with E-state index in [2.05, 4.69) is 9.62 Å². The highest BCUT2D eigenvalue weighted by molar-refractivity contribution is 8.00. The van der Waals surface area contributed by atoms with Crippen LogP contribution in [-0.4, -0.2) is 36.4 Å². The number of carbonyl (C=O) groups is 1. The summed E-state index contributed by atoms with van der Waals surface area (Å²) >= 11 is 8.10. The SMILES string of the molecule is CNC(=O)c1c(-c2ccc(F)cc2)oc2cc(N(SC)c3ccc(CCB(O)O)c(Cl)c3)c(C3CC3)cc12. The standard InChI is InChI=1S/C28H27BClFN2O4S/c1-32-28(34)26-22-14-21(16-3-4-16)24(15-25(22)37-27(26)18-5-8-19(31)9-6-18)33(38-2)20-10-7-17(23(30)13-20)11-12-29(35)36/h5-10,13-16,35-36H,3-4,11-12H2,1-2H3,(H,32,34). The monoisotopic (exact) mass is 552 g/mol. The van der Waals surface area contributed by atoms with Gasteiger partial charge in [-0.3, -0.25) is 9.10 Å². The van der Waals surface area contributed by atoms with Crippen molar-refractivity contribution in [2.75, 3.05) is 17.6 Å². The highest BCUT2D eigenvalue weighted by Crippen LogP contribution is 2.50. The van der Waals surface area contributed by atoms with Gasteiger partial charge in [0.2, 0.25) is 0 Å². The third-order valence-electron chi connectivity index (χ3n) is 6.76. The minimum atomic E-state index is -1.38. The molecular weight excluding hydrogens is 526 g/mol. The van der Waals surface area contributed by atoms with Crippen molar-refractivity contribution >= 4 is 58.9 Å². The molecule has 1 aliphatic rings. The summed E-state index contributed by atoms with van der Waals surface area (Å²) < 4.78 is 22.0. The number of aryl methyl sites for hydroxylation is 1. The summed E-state index contributed by atoms with van der Waals surface area (Å²) in [6.45, 7) is 0. The fourth-order valence-electron chi connectivity index (χ4n) is 4.69. The summed E-state index contributed by atoms with van der Waals surface area (Å²) in [6, 6.07) is 15.7. The maximum absolute atomic E-state index is 13.6. The third kappa shape index (κ3) is 5.29. The smallest absolute Gasteiger partial charge is 0.451 e. The Morgan fingerprint density at radius 1 is 1.18 bits per heavy atom. The van der Waals surface area contributed by atoms with E-state index in [1.807, 2.05) is 36.6 Å². The van der Waals surface area contributed by atoms with Crippen LogP contribution in [0.5, 0.6) is 0 Å². The van der Waals surface area contributed by atoms with Gasteiger partial charge in [0.05, 0.1) is 16.9 Å². The molecule has 1 fully saturated rings. The molecule has 0 unspecified atom stereocenters. The largest absolute Gasteiger partial charge is 0.455 e. The molecule has 0 radical (unpaired) electrons. The maximum Gasteiger partial charge on any atom is 0.451 e. The zero-order chi connectivity index (χ0) is 27.0. The summed E-state index contributed by atoms with van der Waals surface area (Å²) in [6.07, 6.45) is 4.75. The molecule has 0 bridgehead atoms. The number of benzene rings is 3. The second-order valence-corrected chi connectivity index (χ2v) is 10.5. The van der Waals surface area contributed by atoms with Gasteiger partial charge in [0.15, 0.2) is 0 Å². The van der Waals surface area contributed by atoms with Gasteiger partial charge in [-0.2, -0.15) is 0 Å². The number of rotatable bonds is 9. The molecule has 1 heterocycles. The van der Waals surface area contributed by atoms with Crippen molar-refractivity contribution < 1.29 is 23.7 Å². The minimum absolute atomic E-state index is 0.205. The van der Waals surface area contributed by atoms with Crippen LogP contribution in [0.2, 0.25) is 11.3 Å². The normalized spacial score (nSPS) is 13.1. The zero-order valence-electron chi connectivity index (χ0n) is 21.0. The molecule has 5 rings (SSSR count). The van der Waals surface area contributed by atoms with Crippen molar-refractivity contribution in [1.29, 1.82) is 0 Å². The number of amides is 1. The van der Waals surface area contributed by atoms with Gasteiger partial charge in [0.25, 0.3) is 5.91 Å². The molecular formula is C28H27BClFN2O4S. The first-order chi connectivity index (χ1) is 18.3. The van der Waals surface area contributed by atoms with Crippen LogP contribution in [-0.2, 0) is 6.42 Å². The second-order valence-electron chi connectivity index (χ2n) is 9.35. The molecule has 1 aromatic heterocycles. The third-order valence-corrected chi connectivity index (χ3v) is 7.88. The summed E-state index contributed by atoms with van der Waals surface area (Å²) in [5, 5.41) is 22.4. The molecule has 3 aromatic carbocycles. The van der Waals surface area contributed by atoms with Crippen molar-refractivity contribution in [2.45, 2.75) is 31.5 Å². The average molecular weight is 553 g/mol. The van der Waals surface area contributed by atoms with Crippen LogP contribution in [0.3, 0.4) is 0 Å². The fraction of sp³-hybridized carbons (Fsp3) is 0.250. The van der Waals surface area contributed by atoms with Gasteiger partial charge >= 0.3 is 7.12 Å². The van der Waals surface area contributed by atoms with Crippen molar-refractivity contribution in [3.05, 3.63) is 82.1 Å². The first-order valence-electron chi connectivity index (χ1n) is 12.4. The van der Waals surface area contributed by atoms with E-state index >= 15 is 0 Å². The number of fused-ring (bicyclic) bond motifs is 1. The van der Waals surface area contributed by atoms with Gasteiger partial charge in [-0.25, -0.2) is 4.39 Å². The molecule has 1 aliphatic carbocycles. The molecule has 0 atom stereocenters. The number of carbonyl (C=O) groups excluding carboxylic acids is 1. The van der Waals surface area contributed by atoms with E-state index < -0.39 is 7.12 Å². The van der Waals surface area contributed by atoms with Crippen LogP contribution < -0.4 is 9.62 Å². The molecule has 1 amide bonds. The highest BCUT2D eigenvalue weighted by atomic mass is 35.5. The summed E-state index contributed by atoms with van der Waals surface area (Å²) in [4.78, 5) is 13.0. The Labute approximate surface area is 230 Å². The van der Waals surface area contributed by atoms with E-state index in [9.17, 15) is 19.2 Å². The minimum Gasteiger partial charge on any atom is -0.455 e. The quantitative estimate of drug-likeness (QED) is 0.161. The van der Waals surface area contributed by atoms with Crippen molar-refractivity contribution in [1.82, 2.24) is 5.32 Å². The first-order valence-corrected chi connectivity index (χ1v) is 13.9. The lowest BCUT2D eigenvalue weighted by Crippen LogP contribution is -2.18. The van der Waals surface area contributed by atoms with E-state index in [4.69, 9.17) is 16.0 Å². The number of hydrogen-bond donors (Lipinski definition) is 3. The number of furan rings is 1. The lowest BCUT2D eigenvalue weighted by atomic mass is 9.83. The van der Waals surface area contributed by atoms with Crippen LogP contribution in [0.4, 0.5) is 15.8 Å². The molecule has 0 aliphatic heterocycles. The number of anilines is 2. The van der Waals surface area contributed by atoms with Gasteiger partial charge in [0.1, 0.15) is 17.2 Å². The predicted octanol–water partition coefficient (Wildman–Crippen LogP) is 6.56. The van der Waals surface area contributed by atoms with Crippen LogP contribution in [0, 0.1) is 5.82 Å². The summed E-state index contributed by atoms with van der Waals surface area (Å²) in [5.74, 6) is 0.131. The van der Waals surface area contributed by atoms with E-state index in [-0.39, 0.29) is 18.0 Å². The lowest BCUT2D eigenvalue weighted by molar-refractivity contribution is 0.0964. The first kappa shape index (κ1) is 26.6. The zero-order valence-corrected chi connectivity index (χ0v) is 22.6. The van der Waals surface area contributed by atoms with Crippen LogP contribution >= 0.6 is 23.5 Å². The van der Waals surface area contributed by atoms with Gasteiger partial charge in [-0.05, 0) is 97.0 Å². The van der Waals surface area contributed by atoms with Gasteiger partial charge < -0.3 is 19.8 Å². The van der Waals surface area contributed by atoms with Crippen LogP contribution in [0.25, 0.3) is 22.3 Å². The van der Waals surface area contributed by atoms with Crippen molar-refractivity contribution in [3.8, 4) is 11.3 Å². The fourth-order valence-corrected chi connectivity index (χ4v) is 5.64. The van der Waals surface area contributed by atoms with Gasteiger partial charge in [0, 0.05) is 35.3 Å². The number of hydrogen-bond acceptors (Lipinski definition) is 6. The summed E-state index contributed by atoms with van der Waals surface area (Å²) in [5.41, 5.74) is 5.38. The van der Waals surface area contributed by atoms with Crippen molar-refractivity contribution in [2.24, 2.45) is 0 Å². The summed E-state index contributed by atoms with van der Waals surface area (Å²) in [7, 11) is 0.199. The second kappa shape index (κ2) is 11.0. The number of nitrogens with zero attached hydrogens (tertiary/aromatic N) is 1. The Bertz CT molecular complexity index is 1490. The Balaban J connectivity index is 1.63. The molecule has 4 aromatic rings. The predicted molar refractivity (Wildman–Crippen MR) is 153 cm³/mol. The number of halogens is 2. The van der Waals surface area contributed by atoms with Crippen molar-refractivity contribution in [3.63, 3.8) is 0 Å². The lowest BCUT2D eigenvalue weighted by Gasteiger charge is -2.25. The Kier molecular flexibility index (Phi) is 7.72. The van der Waals surface area contributed by atoms with Crippen LogP contribution in [0.1, 0.15) is 40.2 Å². The molecule has 1 saturated carbocycles. The Hall–Kier alpha value is -2.98. The Morgan fingerprint density at radius 2 is 1.92 bits per heavy atom. The van der Waals surface area contributed by atoms with E-state index in [1.165, 1.54) is 24.1 Å². The van der Waals surface area contributed by atoms with Gasteiger partial charge in [-0.15, -0.1) is 0 Å². The van der Waals surface area contributed by atoms with Gasteiger partial charge in [-0.1, -0.05) is 17.7 Å². The molecule has 38 heavy (non-hydrogen) atoms.